The summed E-state index contributed by atoms with van der Waals surface area (Å²) in [5.41, 5.74) is 3.02. The monoisotopic (exact) mass is 464 g/mol. The number of nitrogens with zero attached hydrogens (tertiary/aromatic N) is 5. The predicted molar refractivity (Wildman–Crippen MR) is 114 cm³/mol. The molecule has 6 nitrogen and oxygen atoms in total. The van der Waals surface area contributed by atoms with Crippen molar-refractivity contribution >= 4 is 29.9 Å². The highest BCUT2D eigenvalue weighted by Gasteiger charge is 2.26. The number of hydrogen-bond acceptors (Lipinski definition) is 3. The summed E-state index contributed by atoms with van der Waals surface area (Å²) in [6.45, 7) is 5.44. The maximum atomic E-state index is 9.02. The molecule has 1 fully saturated rings. The highest BCUT2D eigenvalue weighted by molar-refractivity contribution is 14.0. The Kier molecular flexibility index (Phi) is 7.45. The number of benzene rings is 1. The van der Waals surface area contributed by atoms with E-state index in [-0.39, 0.29) is 24.0 Å². The maximum absolute atomic E-state index is 9.02. The smallest absolute Gasteiger partial charge is 0.194 e. The Morgan fingerprint density at radius 3 is 3.00 bits per heavy atom. The molecule has 1 aliphatic rings. The number of aryl methyl sites for hydroxylation is 1. The lowest BCUT2D eigenvalue weighted by Crippen LogP contribution is -2.40. The number of rotatable bonds is 4. The van der Waals surface area contributed by atoms with E-state index in [2.05, 4.69) is 34.5 Å². The van der Waals surface area contributed by atoms with E-state index in [0.717, 1.165) is 37.6 Å². The zero-order chi connectivity index (χ0) is 17.6. The Morgan fingerprint density at radius 1 is 1.46 bits per heavy atom. The third kappa shape index (κ3) is 4.97. The highest BCUT2D eigenvalue weighted by Crippen LogP contribution is 2.26. The van der Waals surface area contributed by atoms with Crippen molar-refractivity contribution in [1.82, 2.24) is 20.0 Å². The molecule has 1 unspecified atom stereocenters. The quantitative estimate of drug-likeness (QED) is 0.429. The summed E-state index contributed by atoms with van der Waals surface area (Å²) in [5.74, 6) is 1.44. The second kappa shape index (κ2) is 9.57. The fourth-order valence-electron chi connectivity index (χ4n) is 3.21. The lowest BCUT2D eigenvalue weighted by Gasteiger charge is -2.21. The molecule has 0 amide bonds. The number of halogens is 1. The summed E-state index contributed by atoms with van der Waals surface area (Å²) in [5, 5.41) is 16.7. The zero-order valence-corrected chi connectivity index (χ0v) is 17.6. The molecular weight excluding hydrogens is 439 g/mol. The van der Waals surface area contributed by atoms with Gasteiger partial charge < -0.3 is 10.2 Å². The van der Waals surface area contributed by atoms with Crippen LogP contribution in [0.3, 0.4) is 0 Å². The zero-order valence-electron chi connectivity index (χ0n) is 15.2. The van der Waals surface area contributed by atoms with Crippen molar-refractivity contribution in [3.05, 3.63) is 53.3 Å². The molecule has 0 bridgehead atoms. The number of likely N-dealkylation sites (tertiary alicyclic amines) is 1. The predicted octanol–water partition coefficient (Wildman–Crippen LogP) is 2.86. The number of hydrogen-bond donors (Lipinski definition) is 1. The van der Waals surface area contributed by atoms with Crippen LogP contribution in [0.15, 0.2) is 41.7 Å². The molecule has 0 radical (unpaired) electrons. The van der Waals surface area contributed by atoms with Gasteiger partial charge in [0, 0.05) is 38.8 Å². The van der Waals surface area contributed by atoms with Gasteiger partial charge in [-0.2, -0.15) is 10.4 Å². The molecule has 3 rings (SSSR count). The molecular formula is C19H25IN6. The number of nitriles is 1. The fourth-order valence-corrected chi connectivity index (χ4v) is 3.21. The van der Waals surface area contributed by atoms with E-state index >= 15 is 0 Å². The molecule has 0 aliphatic carbocycles. The average Bonchev–Trinajstić information content (AvgIpc) is 3.28. The average molecular weight is 464 g/mol. The van der Waals surface area contributed by atoms with Crippen LogP contribution in [0.25, 0.3) is 0 Å². The van der Waals surface area contributed by atoms with Crippen LogP contribution in [0, 0.1) is 11.3 Å². The van der Waals surface area contributed by atoms with Gasteiger partial charge in [0.15, 0.2) is 5.96 Å². The van der Waals surface area contributed by atoms with Gasteiger partial charge in [-0.25, -0.2) is 4.99 Å². The summed E-state index contributed by atoms with van der Waals surface area (Å²) in [7, 11) is 1.96. The van der Waals surface area contributed by atoms with Crippen molar-refractivity contribution < 1.29 is 0 Å². The Morgan fingerprint density at radius 2 is 2.31 bits per heavy atom. The van der Waals surface area contributed by atoms with Crippen LogP contribution in [0.4, 0.5) is 0 Å². The van der Waals surface area contributed by atoms with E-state index in [0.29, 0.717) is 18.0 Å². The first-order valence-corrected chi connectivity index (χ1v) is 8.70. The molecule has 26 heavy (non-hydrogen) atoms. The van der Waals surface area contributed by atoms with Crippen molar-refractivity contribution in [2.75, 3.05) is 19.6 Å². The summed E-state index contributed by atoms with van der Waals surface area (Å²) in [6, 6.07) is 9.81. The maximum Gasteiger partial charge on any atom is 0.194 e. The first kappa shape index (κ1) is 20.2. The molecule has 1 N–H and O–H groups in total. The van der Waals surface area contributed by atoms with E-state index in [4.69, 9.17) is 10.3 Å². The molecule has 2 aromatic rings. The minimum Gasteiger partial charge on any atom is -0.357 e. The molecule has 0 saturated carbocycles. The lowest BCUT2D eigenvalue weighted by atomic mass is 10.0. The highest BCUT2D eigenvalue weighted by atomic mass is 127. The van der Waals surface area contributed by atoms with Crippen LogP contribution in [0.1, 0.15) is 36.0 Å². The van der Waals surface area contributed by atoms with Crippen LogP contribution < -0.4 is 5.32 Å². The van der Waals surface area contributed by atoms with Crippen molar-refractivity contribution in [2.24, 2.45) is 12.0 Å². The third-order valence-electron chi connectivity index (χ3n) is 4.49. The Balaban J connectivity index is 0.00000243. The van der Waals surface area contributed by atoms with Crippen molar-refractivity contribution in [3.8, 4) is 6.07 Å². The van der Waals surface area contributed by atoms with Gasteiger partial charge >= 0.3 is 0 Å². The number of nitrogens with one attached hydrogen (secondary N) is 1. The van der Waals surface area contributed by atoms with Gasteiger partial charge in [-0.15, -0.1) is 24.0 Å². The second-order valence-electron chi connectivity index (χ2n) is 6.36. The fraction of sp³-hybridized carbons (Fsp3) is 0.421. The van der Waals surface area contributed by atoms with Gasteiger partial charge in [0.05, 0.1) is 24.4 Å². The molecule has 1 atom stereocenters. The van der Waals surface area contributed by atoms with E-state index < -0.39 is 0 Å². The molecule has 1 aromatic carbocycles. The molecule has 138 valence electrons. The number of guanidine groups is 1. The molecule has 1 aromatic heterocycles. The lowest BCUT2D eigenvalue weighted by molar-refractivity contribution is 0.486. The normalized spacial score (nSPS) is 16.9. The van der Waals surface area contributed by atoms with Crippen molar-refractivity contribution in [1.29, 1.82) is 5.26 Å². The van der Waals surface area contributed by atoms with E-state index in [1.165, 1.54) is 5.56 Å². The molecule has 1 saturated heterocycles. The van der Waals surface area contributed by atoms with Crippen molar-refractivity contribution in [2.45, 2.75) is 25.8 Å². The van der Waals surface area contributed by atoms with Gasteiger partial charge in [-0.05, 0) is 36.6 Å². The van der Waals surface area contributed by atoms with Crippen molar-refractivity contribution in [3.63, 3.8) is 0 Å². The first-order chi connectivity index (χ1) is 12.2. The minimum absolute atomic E-state index is 0. The first-order valence-electron chi connectivity index (χ1n) is 8.70. The van der Waals surface area contributed by atoms with Crippen LogP contribution >= 0.6 is 24.0 Å². The minimum atomic E-state index is 0. The van der Waals surface area contributed by atoms with Crippen LogP contribution in [0.5, 0.6) is 0 Å². The van der Waals surface area contributed by atoms with Gasteiger partial charge in [0.25, 0.3) is 0 Å². The van der Waals surface area contributed by atoms with Crippen LogP contribution in [0.2, 0.25) is 0 Å². The van der Waals surface area contributed by atoms with E-state index in [1.54, 1.807) is 0 Å². The summed E-state index contributed by atoms with van der Waals surface area (Å²) < 4.78 is 1.86. The summed E-state index contributed by atoms with van der Waals surface area (Å²) >= 11 is 0. The summed E-state index contributed by atoms with van der Waals surface area (Å²) in [4.78, 5) is 7.09. The molecule has 1 aliphatic heterocycles. The van der Waals surface area contributed by atoms with Gasteiger partial charge in [-0.1, -0.05) is 12.1 Å². The van der Waals surface area contributed by atoms with Gasteiger partial charge in [-0.3, -0.25) is 4.68 Å². The van der Waals surface area contributed by atoms with Gasteiger partial charge in [0.2, 0.25) is 0 Å². The SMILES string of the molecule is CCNC(=NCc1cccc(C#N)c1)N1CCC(c2cnn(C)c2)C1.I. The Hall–Kier alpha value is -2.08. The van der Waals surface area contributed by atoms with E-state index in [1.807, 2.05) is 42.2 Å². The Bertz CT molecular complexity index is 791. The third-order valence-corrected chi connectivity index (χ3v) is 4.49. The second-order valence-corrected chi connectivity index (χ2v) is 6.36. The van der Waals surface area contributed by atoms with E-state index in [9.17, 15) is 0 Å². The Labute approximate surface area is 171 Å². The molecule has 2 heterocycles. The number of aromatic nitrogens is 2. The summed E-state index contributed by atoms with van der Waals surface area (Å²) in [6.07, 6.45) is 5.18. The number of aliphatic imine (C=N–C) groups is 1. The molecule has 7 heteroatoms. The van der Waals surface area contributed by atoms with Crippen LogP contribution in [-0.4, -0.2) is 40.3 Å². The topological polar surface area (TPSA) is 69.2 Å². The van der Waals surface area contributed by atoms with Gasteiger partial charge in [0.1, 0.15) is 0 Å². The largest absolute Gasteiger partial charge is 0.357 e. The van der Waals surface area contributed by atoms with Crippen LogP contribution in [-0.2, 0) is 13.6 Å². The standard InChI is InChI=1S/C19H24N6.HI/c1-3-21-19(22-11-16-6-4-5-15(9-16)10-20)25-8-7-17(14-25)18-12-23-24(2)13-18;/h4-6,9,12-13,17H,3,7-8,11,14H2,1-2H3,(H,21,22);1H. The molecule has 0 spiro atoms.